The maximum atomic E-state index is 12.2. The number of sulfonamides is 1. The quantitative estimate of drug-likeness (QED) is 0.656. The van der Waals surface area contributed by atoms with Crippen LogP contribution >= 0.6 is 11.6 Å². The Morgan fingerprint density at radius 1 is 1.19 bits per heavy atom. The number of aromatic nitrogens is 2. The van der Waals surface area contributed by atoms with Gasteiger partial charge in [0.2, 0.25) is 10.0 Å². The monoisotopic (exact) mass is 404 g/mol. The molecule has 1 aromatic heterocycles. The van der Waals surface area contributed by atoms with Crippen molar-refractivity contribution < 1.29 is 13.2 Å². The summed E-state index contributed by atoms with van der Waals surface area (Å²) in [4.78, 5) is 12.3. The van der Waals surface area contributed by atoms with Crippen molar-refractivity contribution in [3.63, 3.8) is 0 Å². The SMILES string of the molecule is NS(=O)(=O)c1ccc(CCNC(=O)c2cnn(-c3cccc(Cl)c3)c2)cc1. The van der Waals surface area contributed by atoms with Crippen molar-refractivity contribution in [1.29, 1.82) is 0 Å². The number of nitrogens with two attached hydrogens (primary N) is 1. The highest BCUT2D eigenvalue weighted by molar-refractivity contribution is 7.89. The summed E-state index contributed by atoms with van der Waals surface area (Å²) in [5.41, 5.74) is 2.08. The van der Waals surface area contributed by atoms with Crippen LogP contribution in [0, 0.1) is 0 Å². The first-order chi connectivity index (χ1) is 12.8. The van der Waals surface area contributed by atoms with Crippen LogP contribution in [0.3, 0.4) is 0 Å². The molecule has 1 heterocycles. The summed E-state index contributed by atoms with van der Waals surface area (Å²) >= 11 is 5.96. The minimum Gasteiger partial charge on any atom is -0.352 e. The van der Waals surface area contributed by atoms with Gasteiger partial charge in [-0.15, -0.1) is 0 Å². The van der Waals surface area contributed by atoms with Crippen LogP contribution in [0.1, 0.15) is 15.9 Å². The molecule has 3 N–H and O–H groups in total. The lowest BCUT2D eigenvalue weighted by Crippen LogP contribution is -2.25. The Balaban J connectivity index is 1.57. The second kappa shape index (κ2) is 7.91. The van der Waals surface area contributed by atoms with Gasteiger partial charge in [-0.1, -0.05) is 29.8 Å². The van der Waals surface area contributed by atoms with Gasteiger partial charge in [-0.25, -0.2) is 18.2 Å². The third kappa shape index (κ3) is 4.94. The van der Waals surface area contributed by atoms with Gasteiger partial charge >= 0.3 is 0 Å². The molecule has 0 aliphatic rings. The number of carbonyl (C=O) groups excluding carboxylic acids is 1. The average Bonchev–Trinajstić information content (AvgIpc) is 3.12. The van der Waals surface area contributed by atoms with Gasteiger partial charge in [0, 0.05) is 17.8 Å². The van der Waals surface area contributed by atoms with Crippen molar-refractivity contribution in [2.24, 2.45) is 5.14 Å². The van der Waals surface area contributed by atoms with Gasteiger partial charge < -0.3 is 5.32 Å². The number of rotatable bonds is 6. The molecule has 0 aliphatic heterocycles. The van der Waals surface area contributed by atoms with Crippen molar-refractivity contribution >= 4 is 27.5 Å². The molecule has 27 heavy (non-hydrogen) atoms. The molecule has 1 amide bonds. The number of carbonyl (C=O) groups is 1. The average molecular weight is 405 g/mol. The van der Waals surface area contributed by atoms with Crippen molar-refractivity contribution in [3.05, 3.63) is 77.1 Å². The molecular weight excluding hydrogens is 388 g/mol. The summed E-state index contributed by atoms with van der Waals surface area (Å²) in [6.45, 7) is 0.399. The Morgan fingerprint density at radius 2 is 1.93 bits per heavy atom. The van der Waals surface area contributed by atoms with Crippen LogP contribution in [0.15, 0.2) is 65.8 Å². The molecule has 0 atom stereocenters. The zero-order valence-electron chi connectivity index (χ0n) is 14.2. The Morgan fingerprint density at radius 3 is 2.59 bits per heavy atom. The molecule has 0 unspecified atom stereocenters. The summed E-state index contributed by atoms with van der Waals surface area (Å²) in [6.07, 6.45) is 3.66. The molecule has 7 nitrogen and oxygen atoms in total. The number of hydrogen-bond acceptors (Lipinski definition) is 4. The highest BCUT2D eigenvalue weighted by Crippen LogP contribution is 2.14. The Hall–Kier alpha value is -2.68. The lowest BCUT2D eigenvalue weighted by atomic mass is 10.1. The summed E-state index contributed by atoms with van der Waals surface area (Å²) in [5, 5.41) is 12.6. The second-order valence-corrected chi connectivity index (χ2v) is 7.85. The smallest absolute Gasteiger partial charge is 0.254 e. The third-order valence-electron chi connectivity index (χ3n) is 3.87. The first-order valence-corrected chi connectivity index (χ1v) is 9.96. The Kier molecular flexibility index (Phi) is 5.59. The fourth-order valence-electron chi connectivity index (χ4n) is 2.47. The normalized spacial score (nSPS) is 11.3. The number of nitrogens with zero attached hydrogens (tertiary/aromatic N) is 2. The zero-order chi connectivity index (χ0) is 19.4. The molecule has 3 aromatic rings. The van der Waals surface area contributed by atoms with Crippen molar-refractivity contribution in [2.45, 2.75) is 11.3 Å². The largest absolute Gasteiger partial charge is 0.352 e. The summed E-state index contributed by atoms with van der Waals surface area (Å²) in [6, 6.07) is 13.4. The van der Waals surface area contributed by atoms with E-state index in [1.54, 1.807) is 41.2 Å². The second-order valence-electron chi connectivity index (χ2n) is 5.85. The fourth-order valence-corrected chi connectivity index (χ4v) is 3.17. The molecule has 0 spiro atoms. The first kappa shape index (κ1) is 19.1. The van der Waals surface area contributed by atoms with E-state index in [1.807, 2.05) is 6.07 Å². The van der Waals surface area contributed by atoms with Crippen LogP contribution in [0.4, 0.5) is 0 Å². The van der Waals surface area contributed by atoms with Crippen LogP contribution in [0.2, 0.25) is 5.02 Å². The number of primary sulfonamides is 1. The van der Waals surface area contributed by atoms with Gasteiger partial charge in [0.15, 0.2) is 0 Å². The molecule has 3 rings (SSSR count). The molecular formula is C18H17ClN4O3S. The van der Waals surface area contributed by atoms with E-state index >= 15 is 0 Å². The molecule has 9 heteroatoms. The number of halogens is 1. The molecule has 0 saturated carbocycles. The van der Waals surface area contributed by atoms with Crippen molar-refractivity contribution in [1.82, 2.24) is 15.1 Å². The number of nitrogens with one attached hydrogen (secondary N) is 1. The standard InChI is InChI=1S/C18H17ClN4O3S/c19-15-2-1-3-16(10-15)23-12-14(11-22-23)18(24)21-9-8-13-4-6-17(7-5-13)27(20,25)26/h1-7,10-12H,8-9H2,(H,21,24)(H2,20,25,26). The number of amides is 1. The molecule has 0 aliphatic carbocycles. The number of hydrogen-bond donors (Lipinski definition) is 2. The summed E-state index contributed by atoms with van der Waals surface area (Å²) < 4.78 is 24.0. The topological polar surface area (TPSA) is 107 Å². The predicted molar refractivity (Wildman–Crippen MR) is 102 cm³/mol. The van der Waals surface area contributed by atoms with E-state index in [4.69, 9.17) is 16.7 Å². The van der Waals surface area contributed by atoms with Gasteiger partial charge in [-0.2, -0.15) is 5.10 Å². The van der Waals surface area contributed by atoms with E-state index in [0.717, 1.165) is 11.3 Å². The van der Waals surface area contributed by atoms with E-state index in [-0.39, 0.29) is 10.8 Å². The van der Waals surface area contributed by atoms with Gasteiger partial charge in [-0.05, 0) is 42.3 Å². The predicted octanol–water partition coefficient (Wildman–Crippen LogP) is 2.15. The van der Waals surface area contributed by atoms with E-state index in [9.17, 15) is 13.2 Å². The van der Waals surface area contributed by atoms with Gasteiger partial charge in [0.1, 0.15) is 0 Å². The molecule has 0 saturated heterocycles. The summed E-state index contributed by atoms with van der Waals surface area (Å²) in [7, 11) is -3.70. The zero-order valence-corrected chi connectivity index (χ0v) is 15.7. The lowest BCUT2D eigenvalue weighted by molar-refractivity contribution is 0.0954. The van der Waals surface area contributed by atoms with Gasteiger partial charge in [0.25, 0.3) is 5.91 Å². The maximum absolute atomic E-state index is 12.2. The third-order valence-corrected chi connectivity index (χ3v) is 5.03. The Labute approximate surface area is 161 Å². The maximum Gasteiger partial charge on any atom is 0.254 e. The minimum atomic E-state index is -3.70. The lowest BCUT2D eigenvalue weighted by Gasteiger charge is -2.05. The van der Waals surface area contributed by atoms with E-state index in [1.165, 1.54) is 18.3 Å². The van der Waals surface area contributed by atoms with E-state index in [2.05, 4.69) is 10.4 Å². The van der Waals surface area contributed by atoms with Gasteiger partial charge in [0.05, 0.1) is 22.3 Å². The fraction of sp³-hybridized carbons (Fsp3) is 0.111. The Bertz CT molecular complexity index is 1060. The molecule has 140 valence electrons. The highest BCUT2D eigenvalue weighted by atomic mass is 35.5. The molecule has 0 radical (unpaired) electrons. The van der Waals surface area contributed by atoms with Gasteiger partial charge in [-0.3, -0.25) is 4.79 Å². The van der Waals surface area contributed by atoms with Crippen LogP contribution < -0.4 is 10.5 Å². The summed E-state index contributed by atoms with van der Waals surface area (Å²) in [5.74, 6) is -0.246. The van der Waals surface area contributed by atoms with E-state index in [0.29, 0.717) is 23.6 Å². The van der Waals surface area contributed by atoms with Crippen molar-refractivity contribution in [3.8, 4) is 5.69 Å². The highest BCUT2D eigenvalue weighted by Gasteiger charge is 2.10. The van der Waals surface area contributed by atoms with Crippen molar-refractivity contribution in [2.75, 3.05) is 6.54 Å². The molecule has 0 bridgehead atoms. The van der Waals surface area contributed by atoms with Crippen LogP contribution in [-0.4, -0.2) is 30.7 Å². The molecule has 2 aromatic carbocycles. The van der Waals surface area contributed by atoms with E-state index < -0.39 is 10.0 Å². The first-order valence-electron chi connectivity index (χ1n) is 8.03. The van der Waals surface area contributed by atoms with Crippen LogP contribution in [0.5, 0.6) is 0 Å². The molecule has 0 fully saturated rings. The van der Waals surface area contributed by atoms with Crippen LogP contribution in [-0.2, 0) is 16.4 Å². The minimum absolute atomic E-state index is 0.0590. The number of benzene rings is 2. The van der Waals surface area contributed by atoms with Crippen LogP contribution in [0.25, 0.3) is 5.69 Å².